The minimum atomic E-state index is 0. The van der Waals surface area contributed by atoms with Gasteiger partial charge in [0.25, 0.3) is 0 Å². The van der Waals surface area contributed by atoms with Gasteiger partial charge in [0, 0.05) is 18.6 Å². The van der Waals surface area contributed by atoms with Gasteiger partial charge in [-0.2, -0.15) is 41.5 Å². The van der Waals surface area contributed by atoms with Crippen molar-refractivity contribution < 1.29 is 49.7 Å². The van der Waals surface area contributed by atoms with Crippen molar-refractivity contribution >= 4 is 0 Å². The summed E-state index contributed by atoms with van der Waals surface area (Å²) >= 11 is 0. The van der Waals surface area contributed by atoms with Crippen molar-refractivity contribution in [3.63, 3.8) is 0 Å². The van der Waals surface area contributed by atoms with E-state index in [2.05, 4.69) is 41.5 Å². The van der Waals surface area contributed by atoms with Crippen LogP contribution in [0.4, 0.5) is 0 Å². The smallest absolute Gasteiger partial charge is 0.358 e. The van der Waals surface area contributed by atoms with Crippen molar-refractivity contribution in [1.29, 1.82) is 0 Å². The quantitative estimate of drug-likeness (QED) is 0.527. The van der Waals surface area contributed by atoms with E-state index in [0.717, 1.165) is 0 Å². The van der Waals surface area contributed by atoms with E-state index in [1.807, 2.05) is 0 Å². The van der Waals surface area contributed by atoms with Gasteiger partial charge in [0.15, 0.2) is 0 Å². The van der Waals surface area contributed by atoms with E-state index in [1.165, 1.54) is 11.8 Å². The summed E-state index contributed by atoms with van der Waals surface area (Å²) in [4.78, 5) is 0. The summed E-state index contributed by atoms with van der Waals surface area (Å²) in [5.41, 5.74) is 0. The van der Waals surface area contributed by atoms with Crippen LogP contribution in [0.5, 0.6) is 0 Å². The molecule has 11 heavy (non-hydrogen) atoms. The van der Waals surface area contributed by atoms with Crippen molar-refractivity contribution in [2.24, 2.45) is 0 Å². The molecule has 0 aromatic heterocycles. The first-order valence-corrected chi connectivity index (χ1v) is 3.00. The zero-order chi connectivity index (χ0) is 7.15. The molecule has 2 heteroatoms. The van der Waals surface area contributed by atoms with Gasteiger partial charge in [-0.15, -0.1) is 0 Å². The maximum absolute atomic E-state index is 2.08. The molecule has 0 aromatic rings. The summed E-state index contributed by atoms with van der Waals surface area (Å²) in [6, 6.07) is 0. The fourth-order valence-electron chi connectivity index (χ4n) is 0. The van der Waals surface area contributed by atoms with Crippen LogP contribution in [0, 0.1) is 50.4 Å². The van der Waals surface area contributed by atoms with Gasteiger partial charge < -0.3 is 19.3 Å². The van der Waals surface area contributed by atoms with Gasteiger partial charge in [-0.3, -0.25) is 0 Å². The van der Waals surface area contributed by atoms with Gasteiger partial charge in [0.1, 0.15) is 0 Å². The Morgan fingerprint density at radius 2 is 0.636 bits per heavy atom. The Labute approximate surface area is 110 Å². The molecule has 0 amide bonds. The second-order valence-electron chi connectivity index (χ2n) is 3.00. The van der Waals surface area contributed by atoms with Crippen LogP contribution in [0.15, 0.2) is 0 Å². The van der Waals surface area contributed by atoms with Gasteiger partial charge in [0.05, 0.1) is 0 Å². The van der Waals surface area contributed by atoms with Crippen LogP contribution in [-0.2, 0) is 18.6 Å². The molecule has 0 unspecified atom stereocenters. The second kappa shape index (κ2) is 22.6. The van der Waals surface area contributed by atoms with Gasteiger partial charge in [-0.05, 0) is 0 Å². The molecular weight excluding hydrogens is 397 g/mol. The van der Waals surface area contributed by atoms with E-state index in [-0.39, 0.29) is 57.1 Å². The molecule has 0 nitrogen and oxygen atoms in total. The average Bonchev–Trinajstić information content (AvgIpc) is 1.25. The van der Waals surface area contributed by atoms with Crippen LogP contribution in [0.3, 0.4) is 0 Å². The van der Waals surface area contributed by atoms with Crippen molar-refractivity contribution in [2.45, 2.75) is 41.5 Å². The number of hydrogen-bond acceptors (Lipinski definition) is 0. The first-order valence-electron chi connectivity index (χ1n) is 3.00. The summed E-state index contributed by atoms with van der Waals surface area (Å²) in [5.74, 6) is 2.83. The van der Waals surface area contributed by atoms with Crippen LogP contribution in [0.25, 0.3) is 0 Å². The fourth-order valence-corrected chi connectivity index (χ4v) is 0. The Morgan fingerprint density at radius 1 is 0.636 bits per heavy atom. The van der Waals surface area contributed by atoms with E-state index in [4.69, 9.17) is 0 Å². The van der Waals surface area contributed by atoms with Crippen molar-refractivity contribution in [3.05, 3.63) is 19.3 Å². The standard InChI is InChI=1S/2C4H9.CH3.U.V/c2*1-4(2)3;;;/h2*1-3H3;1H3;;/q3*-1;+2;. The van der Waals surface area contributed by atoms with E-state index in [0.29, 0.717) is 0 Å². The van der Waals surface area contributed by atoms with E-state index >= 15 is 0 Å². The summed E-state index contributed by atoms with van der Waals surface area (Å²) < 4.78 is 0. The zero-order valence-electron chi connectivity index (χ0n) is 8.95. The Bertz CT molecular complexity index is 25.0. The van der Waals surface area contributed by atoms with Gasteiger partial charge >= 0.3 is 31.1 Å². The molecule has 67 valence electrons. The molecule has 0 N–H and O–H groups in total. The minimum absolute atomic E-state index is 0. The molecule has 0 aromatic carbocycles. The molecule has 0 atom stereocenters. The third kappa shape index (κ3) is 404. The minimum Gasteiger partial charge on any atom is -0.358 e. The maximum Gasteiger partial charge on any atom is 2.00 e. The molecule has 1 radical (unpaired) electrons. The van der Waals surface area contributed by atoms with Gasteiger partial charge in [0.2, 0.25) is 0 Å². The monoisotopic (exact) mass is 418 g/mol. The molecule has 0 fully saturated rings. The van der Waals surface area contributed by atoms with Crippen molar-refractivity contribution in [2.75, 3.05) is 0 Å². The number of hydrogen-bond donors (Lipinski definition) is 0. The van der Waals surface area contributed by atoms with E-state index < -0.39 is 0 Å². The number of rotatable bonds is 0. The topological polar surface area (TPSA) is 0 Å². The summed E-state index contributed by atoms with van der Waals surface area (Å²) in [5, 5.41) is 0. The van der Waals surface area contributed by atoms with Crippen molar-refractivity contribution in [3.8, 4) is 0 Å². The Morgan fingerprint density at radius 3 is 0.636 bits per heavy atom. The predicted molar refractivity (Wildman–Crippen MR) is 46.9 cm³/mol. The van der Waals surface area contributed by atoms with Crippen LogP contribution < -0.4 is 0 Å². The Balaban J connectivity index is -0.0000000171. The van der Waals surface area contributed by atoms with Crippen LogP contribution >= 0.6 is 0 Å². The maximum atomic E-state index is 2.08. The Hall–Kier alpha value is 1.64. The third-order valence-electron chi connectivity index (χ3n) is 0. The predicted octanol–water partition coefficient (Wildman–Crippen LogP) is 3.69. The molecule has 0 aliphatic carbocycles. The van der Waals surface area contributed by atoms with Gasteiger partial charge in [-0.25, -0.2) is 0 Å². The fraction of sp³-hybridized carbons (Fsp3) is 0.667. The van der Waals surface area contributed by atoms with Crippen LogP contribution in [0.1, 0.15) is 41.5 Å². The first-order chi connectivity index (χ1) is 3.46. The summed E-state index contributed by atoms with van der Waals surface area (Å²) in [7, 11) is 0. The Kier molecular flexibility index (Phi) is 60.2. The molecule has 0 heterocycles. The first kappa shape index (κ1) is 29.3. The van der Waals surface area contributed by atoms with Crippen molar-refractivity contribution in [1.82, 2.24) is 0 Å². The molecule has 0 spiro atoms. The molecular formula is C9H21UV-. The molecule has 0 aliphatic rings. The average molecular weight is 418 g/mol. The third-order valence-corrected chi connectivity index (χ3v) is 0. The molecule has 0 bridgehead atoms. The van der Waals surface area contributed by atoms with Crippen LogP contribution in [0.2, 0.25) is 0 Å². The van der Waals surface area contributed by atoms with Gasteiger partial charge in [-0.1, -0.05) is 0 Å². The second-order valence-corrected chi connectivity index (χ2v) is 3.00. The van der Waals surface area contributed by atoms with Crippen LogP contribution in [-0.4, -0.2) is 0 Å². The van der Waals surface area contributed by atoms with E-state index in [9.17, 15) is 0 Å². The largest absolute Gasteiger partial charge is 2.00 e. The molecule has 0 saturated carbocycles. The molecule has 0 aliphatic heterocycles. The van der Waals surface area contributed by atoms with E-state index in [1.54, 1.807) is 0 Å². The summed E-state index contributed by atoms with van der Waals surface area (Å²) in [6.45, 7) is 12.5. The zero-order valence-corrected chi connectivity index (χ0v) is 14.5. The summed E-state index contributed by atoms with van der Waals surface area (Å²) in [6.07, 6.45) is 0. The SMILES string of the molecule is C[C-](C)C.C[C-](C)C.[CH3-].[U+2].[V]. The molecule has 0 rings (SSSR count). The normalized spacial score (nSPS) is 6.55. The molecule has 0 saturated heterocycles.